The van der Waals surface area contributed by atoms with Crippen LogP contribution in [0.2, 0.25) is 0 Å². The summed E-state index contributed by atoms with van der Waals surface area (Å²) in [6, 6.07) is 4.85. The van der Waals surface area contributed by atoms with E-state index in [4.69, 9.17) is 4.52 Å². The molecule has 0 unspecified atom stereocenters. The average Bonchev–Trinajstić information content (AvgIpc) is 2.78. The molecule has 0 atom stereocenters. The fourth-order valence-corrected chi connectivity index (χ4v) is 2.03. The van der Waals surface area contributed by atoms with Crippen molar-refractivity contribution in [3.8, 4) is 5.75 Å². The number of benzene rings is 1. The van der Waals surface area contributed by atoms with Crippen LogP contribution in [-0.4, -0.2) is 16.8 Å². The Kier molecular flexibility index (Phi) is 5.02. The molecule has 20 heavy (non-hydrogen) atoms. The van der Waals surface area contributed by atoms with Crippen molar-refractivity contribution in [1.29, 1.82) is 0 Å². The van der Waals surface area contributed by atoms with Gasteiger partial charge in [-0.15, -0.1) is 0 Å². The summed E-state index contributed by atoms with van der Waals surface area (Å²) in [5.74, 6) is 1.12. The van der Waals surface area contributed by atoms with E-state index in [2.05, 4.69) is 36.1 Å². The van der Waals surface area contributed by atoms with Crippen molar-refractivity contribution in [3.05, 3.63) is 40.0 Å². The molecule has 0 fully saturated rings. The number of hydrogen-bond acceptors (Lipinski definition) is 5. The molecule has 2 aromatic rings. The van der Waals surface area contributed by atoms with Crippen LogP contribution in [0, 0.1) is 6.92 Å². The smallest absolute Gasteiger partial charge is 0.387 e. The largest absolute Gasteiger partial charge is 0.434 e. The molecule has 0 aliphatic heterocycles. The third-order valence-corrected chi connectivity index (χ3v) is 2.90. The zero-order valence-corrected chi connectivity index (χ0v) is 12.2. The van der Waals surface area contributed by atoms with Crippen LogP contribution in [0.5, 0.6) is 5.75 Å². The number of ether oxygens (including phenoxy) is 1. The highest BCUT2D eigenvalue weighted by atomic mass is 79.9. The maximum absolute atomic E-state index is 12.3. The fraction of sp³-hybridized carbons (Fsp3) is 0.333. The molecule has 1 aromatic heterocycles. The van der Waals surface area contributed by atoms with Gasteiger partial charge in [-0.1, -0.05) is 21.1 Å². The summed E-state index contributed by atoms with van der Waals surface area (Å²) in [6.45, 7) is -0.443. The van der Waals surface area contributed by atoms with Gasteiger partial charge in [0.25, 0.3) is 0 Å². The topological polar surface area (TPSA) is 60.2 Å². The van der Waals surface area contributed by atoms with Crippen molar-refractivity contribution in [2.24, 2.45) is 0 Å². The van der Waals surface area contributed by atoms with Crippen LogP contribution in [0.4, 0.5) is 8.78 Å². The van der Waals surface area contributed by atoms with Gasteiger partial charge in [-0.3, -0.25) is 0 Å². The maximum atomic E-state index is 12.3. The molecule has 1 aromatic carbocycles. The minimum atomic E-state index is -2.85. The zero-order chi connectivity index (χ0) is 14.5. The summed E-state index contributed by atoms with van der Waals surface area (Å²) in [5, 5.41) is 6.77. The van der Waals surface area contributed by atoms with Gasteiger partial charge in [-0.05, 0) is 18.2 Å². The first kappa shape index (κ1) is 14.9. The summed E-state index contributed by atoms with van der Waals surface area (Å²) < 4.78 is 34.7. The lowest BCUT2D eigenvalue weighted by Gasteiger charge is -2.11. The van der Waals surface area contributed by atoms with Gasteiger partial charge in [0.2, 0.25) is 5.89 Å². The lowest BCUT2D eigenvalue weighted by atomic mass is 10.2. The van der Waals surface area contributed by atoms with Crippen LogP contribution in [-0.2, 0) is 13.1 Å². The van der Waals surface area contributed by atoms with Gasteiger partial charge in [0.15, 0.2) is 5.82 Å². The molecule has 0 aliphatic rings. The number of hydrogen-bond donors (Lipinski definition) is 1. The van der Waals surface area contributed by atoms with Crippen molar-refractivity contribution < 1.29 is 18.0 Å². The second-order valence-corrected chi connectivity index (χ2v) is 4.88. The molecule has 0 aliphatic carbocycles. The highest BCUT2D eigenvalue weighted by Gasteiger charge is 2.10. The third kappa shape index (κ3) is 4.24. The quantitative estimate of drug-likeness (QED) is 0.870. The van der Waals surface area contributed by atoms with Crippen LogP contribution in [0.15, 0.2) is 27.2 Å². The maximum Gasteiger partial charge on any atom is 0.387 e. The molecule has 0 saturated carbocycles. The Morgan fingerprint density at radius 1 is 1.40 bits per heavy atom. The minimum Gasteiger partial charge on any atom is -0.434 e. The first-order valence-electron chi connectivity index (χ1n) is 5.78. The first-order chi connectivity index (χ1) is 9.54. The first-order valence-corrected chi connectivity index (χ1v) is 6.57. The molecular formula is C12H12BrF2N3O2. The molecule has 1 heterocycles. The second-order valence-electron chi connectivity index (χ2n) is 3.96. The number of aryl methyl sites for hydroxylation is 1. The predicted octanol–water partition coefficient (Wildman–Crippen LogP) is 3.03. The Morgan fingerprint density at radius 3 is 2.85 bits per heavy atom. The van der Waals surface area contributed by atoms with Crippen LogP contribution in [0.3, 0.4) is 0 Å². The van der Waals surface area contributed by atoms with E-state index < -0.39 is 6.61 Å². The van der Waals surface area contributed by atoms with Crippen LogP contribution < -0.4 is 10.1 Å². The second kappa shape index (κ2) is 6.76. The van der Waals surface area contributed by atoms with E-state index in [1.165, 1.54) is 6.07 Å². The standard InChI is InChI=1S/C12H12BrF2N3O2/c1-7-17-11(18-20-7)6-16-5-8-4-9(13)2-3-10(8)19-12(14)15/h2-4,12,16H,5-6H2,1H3. The van der Waals surface area contributed by atoms with Crippen molar-refractivity contribution in [2.75, 3.05) is 0 Å². The van der Waals surface area contributed by atoms with Crippen LogP contribution >= 0.6 is 15.9 Å². The Hall–Kier alpha value is -1.54. The number of alkyl halides is 2. The Labute approximate surface area is 122 Å². The van der Waals surface area contributed by atoms with Gasteiger partial charge < -0.3 is 14.6 Å². The van der Waals surface area contributed by atoms with Crippen LogP contribution in [0.25, 0.3) is 0 Å². The summed E-state index contributed by atoms with van der Waals surface area (Å²) in [5.41, 5.74) is 0.611. The van der Waals surface area contributed by atoms with Crippen molar-refractivity contribution in [2.45, 2.75) is 26.6 Å². The van der Waals surface area contributed by atoms with Crippen molar-refractivity contribution in [1.82, 2.24) is 15.5 Å². The molecule has 5 nitrogen and oxygen atoms in total. The average molecular weight is 348 g/mol. The molecule has 108 valence electrons. The Bertz CT molecular complexity index is 578. The van der Waals surface area contributed by atoms with Crippen LogP contribution in [0.1, 0.15) is 17.3 Å². The van der Waals surface area contributed by atoms with Gasteiger partial charge in [-0.25, -0.2) is 0 Å². The summed E-state index contributed by atoms with van der Waals surface area (Å²) in [4.78, 5) is 4.03. The lowest BCUT2D eigenvalue weighted by molar-refractivity contribution is -0.0505. The monoisotopic (exact) mass is 347 g/mol. The minimum absolute atomic E-state index is 0.139. The zero-order valence-electron chi connectivity index (χ0n) is 10.6. The normalized spacial score (nSPS) is 11.1. The summed E-state index contributed by atoms with van der Waals surface area (Å²) >= 11 is 3.29. The summed E-state index contributed by atoms with van der Waals surface area (Å²) in [7, 11) is 0. The molecule has 0 saturated heterocycles. The van der Waals surface area contributed by atoms with Gasteiger partial charge in [0.05, 0.1) is 6.54 Å². The van der Waals surface area contributed by atoms with E-state index in [9.17, 15) is 8.78 Å². The van der Waals surface area contributed by atoms with E-state index in [1.54, 1.807) is 19.1 Å². The molecule has 1 N–H and O–H groups in total. The molecule has 0 radical (unpaired) electrons. The third-order valence-electron chi connectivity index (χ3n) is 2.41. The number of nitrogens with zero attached hydrogens (tertiary/aromatic N) is 2. The molecule has 2 rings (SSSR count). The molecule has 0 spiro atoms. The number of aromatic nitrogens is 2. The van der Waals surface area contributed by atoms with Crippen molar-refractivity contribution in [3.63, 3.8) is 0 Å². The van der Waals surface area contributed by atoms with Gasteiger partial charge >= 0.3 is 6.61 Å². The van der Waals surface area contributed by atoms with E-state index in [-0.39, 0.29) is 5.75 Å². The Balaban J connectivity index is 1.98. The molecule has 0 amide bonds. The number of rotatable bonds is 6. The predicted molar refractivity (Wildman–Crippen MR) is 70.4 cm³/mol. The van der Waals surface area contributed by atoms with Gasteiger partial charge in [-0.2, -0.15) is 13.8 Å². The molecular weight excluding hydrogens is 336 g/mol. The fourth-order valence-electron chi connectivity index (χ4n) is 1.62. The van der Waals surface area contributed by atoms with Gasteiger partial charge in [0, 0.05) is 23.5 Å². The lowest BCUT2D eigenvalue weighted by Crippen LogP contribution is -2.15. The number of halogens is 3. The van der Waals surface area contributed by atoms with Gasteiger partial charge in [0.1, 0.15) is 5.75 Å². The van der Waals surface area contributed by atoms with E-state index >= 15 is 0 Å². The van der Waals surface area contributed by atoms with E-state index in [0.29, 0.717) is 30.4 Å². The van der Waals surface area contributed by atoms with Crippen molar-refractivity contribution >= 4 is 15.9 Å². The molecule has 8 heteroatoms. The highest BCUT2D eigenvalue weighted by molar-refractivity contribution is 9.10. The highest BCUT2D eigenvalue weighted by Crippen LogP contribution is 2.24. The SMILES string of the molecule is Cc1nc(CNCc2cc(Br)ccc2OC(F)F)no1. The summed E-state index contributed by atoms with van der Waals surface area (Å²) in [6.07, 6.45) is 0. The van der Waals surface area contributed by atoms with E-state index in [0.717, 1.165) is 4.47 Å². The molecule has 0 bridgehead atoms. The van der Waals surface area contributed by atoms with E-state index in [1.807, 2.05) is 0 Å². The number of nitrogens with one attached hydrogen (secondary N) is 1. The Morgan fingerprint density at radius 2 is 2.20 bits per heavy atom.